The summed E-state index contributed by atoms with van der Waals surface area (Å²) in [6, 6.07) is -0.858. The highest BCUT2D eigenvalue weighted by Crippen LogP contribution is 2.43. The van der Waals surface area contributed by atoms with Gasteiger partial charge in [0.1, 0.15) is 13.2 Å². The highest BCUT2D eigenvalue weighted by molar-refractivity contribution is 7.47. The lowest BCUT2D eigenvalue weighted by molar-refractivity contribution is -0.870. The number of hydrogen-bond donors (Lipinski definition) is 3. The number of unbranched alkanes of at least 4 members (excludes halogenated alkanes) is 40. The van der Waals surface area contributed by atoms with E-state index in [0.29, 0.717) is 17.4 Å². The Morgan fingerprint density at radius 2 is 0.674 bits per heavy atom. The molecule has 3 atom stereocenters. The Labute approximate surface area is 552 Å². The lowest BCUT2D eigenvalue weighted by Crippen LogP contribution is -2.45. The number of likely N-dealkylation sites (N-methyl/N-ethyl adjacent to an activating group) is 1. The number of aliphatic hydroxyl groups excluding tert-OH is 1. The molecular formula is C80H146N2O6P+. The fraction of sp³-hybridized carbons (Fsp3) is 0.762. The van der Waals surface area contributed by atoms with E-state index in [2.05, 4.69) is 116 Å². The van der Waals surface area contributed by atoms with Crippen LogP contribution in [0.25, 0.3) is 0 Å². The normalized spacial score (nSPS) is 14.2. The highest BCUT2D eigenvalue weighted by atomic mass is 31.2. The van der Waals surface area contributed by atoms with Crippen molar-refractivity contribution in [2.75, 3.05) is 40.9 Å². The second-order valence-electron chi connectivity index (χ2n) is 26.6. The summed E-state index contributed by atoms with van der Waals surface area (Å²) >= 11 is 0. The van der Waals surface area contributed by atoms with Gasteiger partial charge in [0.05, 0.1) is 39.9 Å². The topological polar surface area (TPSA) is 105 Å². The van der Waals surface area contributed by atoms with E-state index in [1.165, 1.54) is 225 Å². The zero-order chi connectivity index (χ0) is 64.8. The maximum absolute atomic E-state index is 13.1. The second kappa shape index (κ2) is 69.5. The molecule has 0 heterocycles. The summed E-state index contributed by atoms with van der Waals surface area (Å²) in [5.41, 5.74) is 0. The molecule has 0 aromatic rings. The van der Waals surface area contributed by atoms with Crippen molar-refractivity contribution in [3.05, 3.63) is 109 Å². The molecule has 0 aromatic carbocycles. The van der Waals surface area contributed by atoms with Crippen LogP contribution in [0.15, 0.2) is 109 Å². The molecule has 0 aliphatic rings. The monoisotopic (exact) mass is 1260 g/mol. The number of phosphoric ester groups is 1. The Morgan fingerprint density at radius 3 is 0.989 bits per heavy atom. The molecule has 0 aromatic heterocycles. The van der Waals surface area contributed by atoms with Crippen LogP contribution in [0.3, 0.4) is 0 Å². The van der Waals surface area contributed by atoms with Crippen LogP contribution >= 0.6 is 7.82 Å². The first-order valence-corrected chi connectivity index (χ1v) is 39.3. The largest absolute Gasteiger partial charge is 0.472 e. The SMILES string of the molecule is CC/C=C\C/C=C\C/C=C\C/C=C\C/C=C\C/C=C\C/C=C\C/C=C\CCCCCCCCCCCCC(=O)NC(COP(=O)(O)OCC[N+](C)(C)C)C(O)/C=C/CCCCCCCCCCCCCCCCCCCCCCCCCCCCCCCC. The van der Waals surface area contributed by atoms with Gasteiger partial charge < -0.3 is 19.8 Å². The number of quaternary nitrogens is 1. The summed E-state index contributed by atoms with van der Waals surface area (Å²) in [6.45, 7) is 4.73. The van der Waals surface area contributed by atoms with Crippen molar-refractivity contribution >= 4 is 13.7 Å². The van der Waals surface area contributed by atoms with Crippen molar-refractivity contribution in [2.45, 2.75) is 353 Å². The standard InChI is InChI=1S/C80H145N2O6P/c1-6-8-10-12-14-16-18-20-22-24-26-28-30-32-34-36-38-40-41-42-44-46-48-50-52-54-56-58-60-62-64-66-68-70-72-74-80(84)81-78(77-88-89(85,86)87-76-75-82(3,4)5)79(83)73-71-69-67-65-63-61-59-57-55-53-51-49-47-45-43-39-37-35-33-31-29-27-25-23-21-19-17-15-13-11-9-7-2/h8,10,14,16,20,22,26,28,32,34,38,40,42,44,48,50,71,73,78-79,83H,6-7,9,11-13,15,17-19,21,23-25,27,29-31,33,35-37,39,41,43,45-47,49,51-70,72,74-77H2,1-5H3,(H-,81,84,85,86)/p+1/b10-8-,16-14-,22-20-,28-26-,34-32-,40-38-,44-42-,50-48-,73-71+. The Kier molecular flexibility index (Phi) is 67.3. The van der Waals surface area contributed by atoms with E-state index >= 15 is 0 Å². The third-order valence-electron chi connectivity index (χ3n) is 16.7. The lowest BCUT2D eigenvalue weighted by atomic mass is 10.0. The van der Waals surface area contributed by atoms with Gasteiger partial charge in [0, 0.05) is 6.42 Å². The first-order valence-electron chi connectivity index (χ1n) is 37.8. The Morgan fingerprint density at radius 1 is 0.393 bits per heavy atom. The molecule has 0 aliphatic carbocycles. The zero-order valence-electron chi connectivity index (χ0n) is 59.2. The number of carbonyl (C=O) groups excluding carboxylic acids is 1. The molecule has 3 unspecified atom stereocenters. The Balaban J connectivity index is 4.08. The van der Waals surface area contributed by atoms with Crippen molar-refractivity contribution in [1.29, 1.82) is 0 Å². The average molecular weight is 1260 g/mol. The molecule has 1 amide bonds. The number of amides is 1. The summed E-state index contributed by atoms with van der Waals surface area (Å²) in [5.74, 6) is -0.182. The molecular weight excluding hydrogens is 1120 g/mol. The van der Waals surface area contributed by atoms with Crippen LogP contribution in [-0.4, -0.2) is 73.4 Å². The predicted molar refractivity (Wildman–Crippen MR) is 392 cm³/mol. The minimum atomic E-state index is -4.36. The van der Waals surface area contributed by atoms with Crippen LogP contribution in [-0.2, 0) is 18.4 Å². The molecule has 0 spiro atoms. The molecule has 89 heavy (non-hydrogen) atoms. The van der Waals surface area contributed by atoms with Crippen molar-refractivity contribution in [3.63, 3.8) is 0 Å². The number of carbonyl (C=O) groups is 1. The lowest BCUT2D eigenvalue weighted by Gasteiger charge is -2.25. The van der Waals surface area contributed by atoms with Gasteiger partial charge in [-0.05, 0) is 83.5 Å². The van der Waals surface area contributed by atoms with Gasteiger partial charge in [-0.2, -0.15) is 0 Å². The molecule has 0 aliphatic heterocycles. The van der Waals surface area contributed by atoms with Gasteiger partial charge >= 0.3 is 7.82 Å². The number of aliphatic hydroxyl groups is 1. The number of phosphoric acid groups is 1. The molecule has 0 rings (SSSR count). The van der Waals surface area contributed by atoms with E-state index in [9.17, 15) is 19.4 Å². The summed E-state index contributed by atoms with van der Waals surface area (Å²) in [4.78, 5) is 23.5. The third kappa shape index (κ3) is 72.4. The van der Waals surface area contributed by atoms with E-state index in [4.69, 9.17) is 9.05 Å². The molecule has 8 nitrogen and oxygen atoms in total. The molecule has 0 saturated heterocycles. The molecule has 3 N–H and O–H groups in total. The fourth-order valence-electron chi connectivity index (χ4n) is 10.9. The number of rotatable bonds is 69. The predicted octanol–water partition coefficient (Wildman–Crippen LogP) is 24.6. The number of allylic oxidation sites excluding steroid dienone is 17. The Bertz CT molecular complexity index is 1820. The van der Waals surface area contributed by atoms with Gasteiger partial charge in [-0.3, -0.25) is 13.8 Å². The van der Waals surface area contributed by atoms with Crippen LogP contribution < -0.4 is 5.32 Å². The summed E-state index contributed by atoms with van der Waals surface area (Å²) < 4.78 is 23.9. The summed E-state index contributed by atoms with van der Waals surface area (Å²) in [6.07, 6.45) is 103. The summed E-state index contributed by atoms with van der Waals surface area (Å²) in [7, 11) is 1.57. The van der Waals surface area contributed by atoms with E-state index in [0.717, 1.165) is 96.3 Å². The molecule has 0 radical (unpaired) electrons. The molecule has 516 valence electrons. The van der Waals surface area contributed by atoms with Crippen molar-refractivity contribution in [1.82, 2.24) is 5.32 Å². The first kappa shape index (κ1) is 86.2. The minimum absolute atomic E-state index is 0.0566. The molecule has 0 saturated carbocycles. The van der Waals surface area contributed by atoms with Gasteiger partial charge in [0.2, 0.25) is 5.91 Å². The summed E-state index contributed by atoms with van der Waals surface area (Å²) in [5, 5.41) is 14.0. The van der Waals surface area contributed by atoms with Gasteiger partial charge in [-0.25, -0.2) is 4.57 Å². The van der Waals surface area contributed by atoms with E-state index in [1.807, 2.05) is 27.2 Å². The van der Waals surface area contributed by atoms with E-state index in [1.54, 1.807) is 6.08 Å². The molecule has 0 bridgehead atoms. The number of nitrogens with one attached hydrogen (secondary N) is 1. The van der Waals surface area contributed by atoms with Crippen LogP contribution in [0, 0.1) is 0 Å². The van der Waals surface area contributed by atoms with Crippen molar-refractivity contribution in [2.24, 2.45) is 0 Å². The highest BCUT2D eigenvalue weighted by Gasteiger charge is 2.28. The van der Waals surface area contributed by atoms with Crippen molar-refractivity contribution < 1.29 is 32.9 Å². The van der Waals surface area contributed by atoms with Gasteiger partial charge in [0.25, 0.3) is 0 Å². The van der Waals surface area contributed by atoms with Crippen LogP contribution in [0.2, 0.25) is 0 Å². The Hall–Kier alpha value is -2.84. The van der Waals surface area contributed by atoms with Crippen LogP contribution in [0.1, 0.15) is 341 Å². The van der Waals surface area contributed by atoms with Gasteiger partial charge in [-0.1, -0.05) is 361 Å². The zero-order valence-corrected chi connectivity index (χ0v) is 60.0. The molecule has 9 heteroatoms. The maximum Gasteiger partial charge on any atom is 0.472 e. The van der Waals surface area contributed by atoms with Gasteiger partial charge in [-0.15, -0.1) is 0 Å². The second-order valence-corrected chi connectivity index (χ2v) is 28.1. The fourth-order valence-corrected chi connectivity index (χ4v) is 11.7. The van der Waals surface area contributed by atoms with Crippen molar-refractivity contribution in [3.8, 4) is 0 Å². The minimum Gasteiger partial charge on any atom is -0.387 e. The van der Waals surface area contributed by atoms with Gasteiger partial charge in [0.15, 0.2) is 0 Å². The first-order chi connectivity index (χ1) is 43.5. The van der Waals surface area contributed by atoms with Crippen LogP contribution in [0.4, 0.5) is 0 Å². The third-order valence-corrected chi connectivity index (χ3v) is 17.7. The number of nitrogens with zero attached hydrogens (tertiary/aromatic N) is 1. The van der Waals surface area contributed by atoms with E-state index in [-0.39, 0.29) is 19.1 Å². The number of hydrogen-bond acceptors (Lipinski definition) is 5. The quantitative estimate of drug-likeness (QED) is 0.0243. The van der Waals surface area contributed by atoms with E-state index < -0.39 is 20.0 Å². The van der Waals surface area contributed by atoms with Crippen LogP contribution in [0.5, 0.6) is 0 Å². The maximum atomic E-state index is 13.1. The average Bonchev–Trinajstić information content (AvgIpc) is 3.64. The molecule has 0 fully saturated rings. The smallest absolute Gasteiger partial charge is 0.387 e.